The Hall–Kier alpha value is -2.45. The number of hydrogen-bond donors (Lipinski definition) is 3. The van der Waals surface area contributed by atoms with Crippen LogP contribution in [0.25, 0.3) is 10.8 Å². The maximum atomic E-state index is 12.4. The summed E-state index contributed by atoms with van der Waals surface area (Å²) in [6, 6.07) is 10.6. The van der Waals surface area contributed by atoms with Crippen molar-refractivity contribution in [1.82, 2.24) is 4.72 Å². The van der Waals surface area contributed by atoms with Crippen LogP contribution in [0.15, 0.2) is 47.4 Å². The highest BCUT2D eigenvalue weighted by Crippen LogP contribution is 2.22. The molecule has 0 heterocycles. The molecular formula is C15H17N3O4S. The summed E-state index contributed by atoms with van der Waals surface area (Å²) in [4.78, 5) is 22.6. The molecule has 0 aliphatic rings. The van der Waals surface area contributed by atoms with Gasteiger partial charge in [-0.3, -0.25) is 9.59 Å². The largest absolute Gasteiger partial charge is 0.370 e. The third kappa shape index (κ3) is 4.05. The minimum atomic E-state index is -4.07. The fraction of sp³-hybridized carbons (Fsp3) is 0.200. The van der Waals surface area contributed by atoms with Crippen molar-refractivity contribution in [2.75, 3.05) is 0 Å². The van der Waals surface area contributed by atoms with Crippen molar-refractivity contribution in [2.45, 2.75) is 23.8 Å². The van der Waals surface area contributed by atoms with Crippen LogP contribution in [-0.4, -0.2) is 26.3 Å². The Balaban J connectivity index is 2.24. The van der Waals surface area contributed by atoms with Crippen LogP contribution in [0.1, 0.15) is 12.8 Å². The molecule has 2 amide bonds. The molecule has 0 unspecified atom stereocenters. The summed E-state index contributed by atoms with van der Waals surface area (Å²) in [5.41, 5.74) is 10.6. The number of nitrogens with one attached hydrogen (secondary N) is 1. The van der Waals surface area contributed by atoms with E-state index in [4.69, 9.17) is 11.5 Å². The lowest BCUT2D eigenvalue weighted by molar-refractivity contribution is -0.121. The van der Waals surface area contributed by atoms with Crippen molar-refractivity contribution >= 4 is 32.6 Å². The molecule has 0 fully saturated rings. The Morgan fingerprint density at radius 3 is 2.43 bits per heavy atom. The van der Waals surface area contributed by atoms with Gasteiger partial charge < -0.3 is 11.5 Å². The van der Waals surface area contributed by atoms with Crippen LogP contribution in [-0.2, 0) is 19.6 Å². The quantitative estimate of drug-likeness (QED) is 0.695. The van der Waals surface area contributed by atoms with Gasteiger partial charge in [-0.15, -0.1) is 0 Å². The predicted molar refractivity (Wildman–Crippen MR) is 85.7 cm³/mol. The fourth-order valence-electron chi connectivity index (χ4n) is 2.12. The molecule has 0 radical (unpaired) electrons. The number of amides is 2. The highest BCUT2D eigenvalue weighted by Gasteiger charge is 2.23. The number of nitrogens with two attached hydrogens (primary N) is 2. The Morgan fingerprint density at radius 1 is 1.09 bits per heavy atom. The summed E-state index contributed by atoms with van der Waals surface area (Å²) >= 11 is 0. The van der Waals surface area contributed by atoms with Crippen LogP contribution < -0.4 is 16.2 Å². The zero-order chi connectivity index (χ0) is 17.0. The van der Waals surface area contributed by atoms with Crippen LogP contribution in [0.3, 0.4) is 0 Å². The van der Waals surface area contributed by atoms with E-state index in [1.807, 2.05) is 4.72 Å². The summed E-state index contributed by atoms with van der Waals surface area (Å²) in [6.45, 7) is 0. The van der Waals surface area contributed by atoms with Gasteiger partial charge in [0.2, 0.25) is 5.91 Å². The van der Waals surface area contributed by atoms with E-state index in [0.717, 1.165) is 5.39 Å². The maximum Gasteiger partial charge on any atom is 0.264 e. The monoisotopic (exact) mass is 335 g/mol. The van der Waals surface area contributed by atoms with E-state index >= 15 is 0 Å². The zero-order valence-electron chi connectivity index (χ0n) is 12.2. The Kier molecular flexibility index (Phi) is 4.97. The number of sulfonamides is 1. The summed E-state index contributed by atoms with van der Waals surface area (Å²) < 4.78 is 26.8. The second-order valence-electron chi connectivity index (χ2n) is 5.06. The lowest BCUT2D eigenvalue weighted by atomic mass is 10.1. The second-order valence-corrected chi connectivity index (χ2v) is 6.71. The minimum Gasteiger partial charge on any atom is -0.370 e. The average Bonchev–Trinajstić information content (AvgIpc) is 2.51. The van der Waals surface area contributed by atoms with E-state index in [1.165, 1.54) is 6.07 Å². The molecule has 0 aliphatic heterocycles. The summed E-state index contributed by atoms with van der Waals surface area (Å²) in [7, 11) is -4.07. The molecule has 0 aromatic heterocycles. The van der Waals surface area contributed by atoms with Crippen molar-refractivity contribution in [2.24, 2.45) is 11.5 Å². The molecule has 8 heteroatoms. The van der Waals surface area contributed by atoms with Crippen molar-refractivity contribution in [1.29, 1.82) is 0 Å². The summed E-state index contributed by atoms with van der Waals surface area (Å²) in [5, 5.41) is 1.24. The van der Waals surface area contributed by atoms with Gasteiger partial charge in [0, 0.05) is 11.8 Å². The molecular weight excluding hydrogens is 318 g/mol. The molecule has 0 bridgehead atoms. The normalized spacial score (nSPS) is 12.7. The molecule has 2 aromatic carbocycles. The molecule has 23 heavy (non-hydrogen) atoms. The van der Waals surface area contributed by atoms with Crippen molar-refractivity contribution in [3.8, 4) is 0 Å². The third-order valence-electron chi connectivity index (χ3n) is 3.31. The van der Waals surface area contributed by atoms with Gasteiger partial charge in [-0.05, 0) is 17.9 Å². The second kappa shape index (κ2) is 6.76. The number of hydrogen-bond acceptors (Lipinski definition) is 5. The summed E-state index contributed by atoms with van der Waals surface area (Å²) in [5.74, 6) is -1.48. The molecule has 0 saturated carbocycles. The Morgan fingerprint density at radius 2 is 1.74 bits per heavy atom. The first-order valence-corrected chi connectivity index (χ1v) is 8.38. The lowest BCUT2D eigenvalue weighted by Crippen LogP contribution is -2.43. The van der Waals surface area contributed by atoms with E-state index in [2.05, 4.69) is 0 Å². The van der Waals surface area contributed by atoms with Gasteiger partial charge in [-0.1, -0.05) is 36.4 Å². The Bertz CT molecular complexity index is 843. The van der Waals surface area contributed by atoms with Crippen molar-refractivity contribution in [3.05, 3.63) is 42.5 Å². The van der Waals surface area contributed by atoms with Gasteiger partial charge in [0.15, 0.2) is 0 Å². The predicted octanol–water partition coefficient (Wildman–Crippen LogP) is 0.238. The molecule has 0 spiro atoms. The van der Waals surface area contributed by atoms with E-state index in [1.54, 1.807) is 36.4 Å². The first-order chi connectivity index (χ1) is 10.8. The zero-order valence-corrected chi connectivity index (χ0v) is 13.0. The van der Waals surface area contributed by atoms with Gasteiger partial charge in [0.05, 0.1) is 10.9 Å². The van der Waals surface area contributed by atoms with E-state index in [0.29, 0.717) is 5.39 Å². The van der Waals surface area contributed by atoms with Crippen LogP contribution >= 0.6 is 0 Å². The summed E-state index contributed by atoms with van der Waals surface area (Å²) in [6.07, 6.45) is -0.116. The van der Waals surface area contributed by atoms with Gasteiger partial charge in [0.1, 0.15) is 0 Å². The first-order valence-electron chi connectivity index (χ1n) is 6.89. The molecule has 0 aliphatic carbocycles. The molecule has 7 nitrogen and oxygen atoms in total. The van der Waals surface area contributed by atoms with Gasteiger partial charge >= 0.3 is 0 Å². The molecule has 5 N–H and O–H groups in total. The average molecular weight is 335 g/mol. The van der Waals surface area contributed by atoms with Crippen molar-refractivity contribution in [3.63, 3.8) is 0 Å². The highest BCUT2D eigenvalue weighted by atomic mass is 32.2. The van der Waals surface area contributed by atoms with Crippen LogP contribution in [0.2, 0.25) is 0 Å². The number of carbonyl (C=O) groups is 2. The van der Waals surface area contributed by atoms with Crippen molar-refractivity contribution < 1.29 is 18.0 Å². The third-order valence-corrected chi connectivity index (χ3v) is 4.72. The van der Waals surface area contributed by atoms with E-state index in [-0.39, 0.29) is 17.7 Å². The smallest absolute Gasteiger partial charge is 0.264 e. The molecule has 2 rings (SSSR count). The highest BCUT2D eigenvalue weighted by molar-refractivity contribution is 7.90. The number of benzene rings is 2. The Labute approximate surface area is 133 Å². The van der Waals surface area contributed by atoms with Gasteiger partial charge in [-0.2, -0.15) is 0 Å². The number of rotatable bonds is 6. The minimum absolute atomic E-state index is 0.00829. The maximum absolute atomic E-state index is 12.4. The van der Waals surface area contributed by atoms with E-state index in [9.17, 15) is 18.0 Å². The van der Waals surface area contributed by atoms with Gasteiger partial charge in [-0.25, -0.2) is 13.1 Å². The SMILES string of the molecule is NC(=O)CC[C@H](N)C(=O)NS(=O)(=O)c1cccc2ccccc12. The number of fused-ring (bicyclic) bond motifs is 1. The van der Waals surface area contributed by atoms with Crippen LogP contribution in [0.4, 0.5) is 0 Å². The molecule has 122 valence electrons. The standard InChI is InChI=1S/C15H17N3O4S/c16-12(8-9-14(17)19)15(20)18-23(21,22)13-7-3-5-10-4-1-2-6-11(10)13/h1-7,12H,8-9,16H2,(H2,17,19)(H,18,20)/t12-/m0/s1. The number of carbonyl (C=O) groups excluding carboxylic acids is 2. The number of primary amides is 1. The lowest BCUT2D eigenvalue weighted by Gasteiger charge is -2.13. The molecule has 0 saturated heterocycles. The molecule has 2 aromatic rings. The molecule has 1 atom stereocenters. The van der Waals surface area contributed by atoms with Crippen LogP contribution in [0.5, 0.6) is 0 Å². The van der Waals surface area contributed by atoms with E-state index < -0.39 is 27.9 Å². The van der Waals surface area contributed by atoms with Gasteiger partial charge in [0.25, 0.3) is 15.9 Å². The first kappa shape index (κ1) is 16.9. The fourth-order valence-corrected chi connectivity index (χ4v) is 3.38. The topological polar surface area (TPSA) is 132 Å². The van der Waals surface area contributed by atoms with Crippen LogP contribution in [0, 0.1) is 0 Å².